The number of phenolic OH excluding ortho intramolecular Hbond substituents is 1. The van der Waals surface area contributed by atoms with Gasteiger partial charge in [-0.25, -0.2) is 0 Å². The van der Waals surface area contributed by atoms with Crippen molar-refractivity contribution in [3.8, 4) is 11.8 Å². The van der Waals surface area contributed by atoms with Crippen LogP contribution in [0.3, 0.4) is 0 Å². The summed E-state index contributed by atoms with van der Waals surface area (Å²) in [4.78, 5) is 10.4. The first-order chi connectivity index (χ1) is 6.77. The number of phenols is 1. The monoisotopic (exact) mass is 187 g/mol. The molecule has 0 atom stereocenters. The Morgan fingerprint density at radius 3 is 2.93 bits per heavy atom. The normalized spacial score (nSPS) is 9.93. The second kappa shape index (κ2) is 4.83. The van der Waals surface area contributed by atoms with Crippen LogP contribution in [0, 0.1) is 11.3 Å². The van der Waals surface area contributed by atoms with E-state index < -0.39 is 0 Å². The average Bonchev–Trinajstić information content (AvgIpc) is 2.21. The van der Waals surface area contributed by atoms with E-state index in [0.29, 0.717) is 17.4 Å². The van der Waals surface area contributed by atoms with Gasteiger partial charge in [-0.05, 0) is 18.2 Å². The Bertz CT molecular complexity index is 402. The Labute approximate surface area is 81.9 Å². The van der Waals surface area contributed by atoms with Crippen LogP contribution < -0.4 is 0 Å². The van der Waals surface area contributed by atoms with Gasteiger partial charge in [0.05, 0.1) is 12.5 Å². The minimum absolute atomic E-state index is 0.102. The number of hydrogen-bond acceptors (Lipinski definition) is 3. The fourth-order valence-electron chi connectivity index (χ4n) is 1.02. The summed E-state index contributed by atoms with van der Waals surface area (Å²) in [5.41, 5.74) is 1.05. The highest BCUT2D eigenvalue weighted by atomic mass is 16.3. The second-order valence-corrected chi connectivity index (χ2v) is 2.70. The largest absolute Gasteiger partial charge is 0.507 e. The topological polar surface area (TPSA) is 61.1 Å². The third-order valence-corrected chi connectivity index (χ3v) is 1.69. The number of nitrogens with zero attached hydrogens (tertiary/aromatic N) is 1. The van der Waals surface area contributed by atoms with Crippen LogP contribution in [0.1, 0.15) is 22.3 Å². The van der Waals surface area contributed by atoms with Crippen LogP contribution in [0.2, 0.25) is 0 Å². The molecule has 0 aliphatic carbocycles. The number of allylic oxidation sites excluding steroid dienone is 1. The first kappa shape index (κ1) is 10.0. The molecule has 0 aliphatic rings. The zero-order valence-electron chi connectivity index (χ0n) is 7.47. The lowest BCUT2D eigenvalue weighted by Gasteiger charge is -1.98. The summed E-state index contributed by atoms with van der Waals surface area (Å²) in [5, 5.41) is 17.7. The van der Waals surface area contributed by atoms with Crippen LogP contribution in [0.25, 0.3) is 6.08 Å². The van der Waals surface area contributed by atoms with E-state index in [4.69, 9.17) is 5.26 Å². The highest BCUT2D eigenvalue weighted by Gasteiger charge is 1.98. The number of carbonyl (C=O) groups is 1. The Morgan fingerprint density at radius 2 is 2.29 bits per heavy atom. The van der Waals surface area contributed by atoms with E-state index >= 15 is 0 Å². The van der Waals surface area contributed by atoms with Gasteiger partial charge in [0.2, 0.25) is 0 Å². The van der Waals surface area contributed by atoms with Gasteiger partial charge < -0.3 is 5.11 Å². The molecule has 0 unspecified atom stereocenters. The van der Waals surface area contributed by atoms with Crippen LogP contribution >= 0.6 is 0 Å². The summed E-state index contributed by atoms with van der Waals surface area (Å²) in [6.07, 6.45) is 4.24. The minimum atomic E-state index is 0.102. The maximum absolute atomic E-state index is 10.4. The van der Waals surface area contributed by atoms with E-state index in [1.165, 1.54) is 12.1 Å². The Morgan fingerprint density at radius 1 is 1.50 bits per heavy atom. The van der Waals surface area contributed by atoms with Crippen molar-refractivity contribution in [2.24, 2.45) is 0 Å². The first-order valence-electron chi connectivity index (χ1n) is 4.09. The average molecular weight is 187 g/mol. The third-order valence-electron chi connectivity index (χ3n) is 1.69. The summed E-state index contributed by atoms with van der Waals surface area (Å²) >= 11 is 0. The second-order valence-electron chi connectivity index (χ2n) is 2.70. The van der Waals surface area contributed by atoms with Gasteiger partial charge >= 0.3 is 0 Å². The molecule has 14 heavy (non-hydrogen) atoms. The molecule has 0 radical (unpaired) electrons. The van der Waals surface area contributed by atoms with Gasteiger partial charge in [-0.15, -0.1) is 0 Å². The summed E-state index contributed by atoms with van der Waals surface area (Å²) in [6, 6.07) is 6.50. The molecule has 1 N–H and O–H groups in total. The molecular weight excluding hydrogens is 178 g/mol. The molecule has 3 nitrogen and oxygen atoms in total. The number of carbonyl (C=O) groups excluding carboxylic acids is 1. The van der Waals surface area contributed by atoms with Crippen LogP contribution in [-0.4, -0.2) is 11.4 Å². The fraction of sp³-hybridized carbons (Fsp3) is 0.0909. The predicted molar refractivity (Wildman–Crippen MR) is 52.8 cm³/mol. The molecule has 0 fully saturated rings. The van der Waals surface area contributed by atoms with Crippen molar-refractivity contribution in [1.82, 2.24) is 0 Å². The molecule has 0 saturated carbocycles. The Hall–Kier alpha value is -2.08. The molecule has 0 aliphatic heterocycles. The van der Waals surface area contributed by atoms with Gasteiger partial charge in [-0.1, -0.05) is 12.2 Å². The molecule has 0 aromatic heterocycles. The Balaban J connectivity index is 2.95. The third kappa shape index (κ3) is 2.46. The van der Waals surface area contributed by atoms with Crippen molar-refractivity contribution in [2.75, 3.05) is 0 Å². The highest BCUT2D eigenvalue weighted by Crippen LogP contribution is 2.19. The van der Waals surface area contributed by atoms with Gasteiger partial charge in [0.1, 0.15) is 12.0 Å². The van der Waals surface area contributed by atoms with Gasteiger partial charge in [0.15, 0.2) is 0 Å². The maximum Gasteiger partial charge on any atom is 0.150 e. The van der Waals surface area contributed by atoms with Crippen molar-refractivity contribution in [2.45, 2.75) is 6.42 Å². The zero-order chi connectivity index (χ0) is 10.4. The summed E-state index contributed by atoms with van der Waals surface area (Å²) in [6.45, 7) is 0. The number of nitriles is 1. The molecule has 0 amide bonds. The lowest BCUT2D eigenvalue weighted by atomic mass is 10.1. The van der Waals surface area contributed by atoms with Crippen molar-refractivity contribution < 1.29 is 9.90 Å². The smallest absolute Gasteiger partial charge is 0.150 e. The quantitative estimate of drug-likeness (QED) is 0.737. The van der Waals surface area contributed by atoms with Gasteiger partial charge in [-0.3, -0.25) is 4.79 Å². The molecule has 70 valence electrons. The number of rotatable bonds is 3. The van der Waals surface area contributed by atoms with E-state index in [1.54, 1.807) is 18.2 Å². The number of hydrogen-bond donors (Lipinski definition) is 1. The summed E-state index contributed by atoms with van der Waals surface area (Å²) in [7, 11) is 0. The summed E-state index contributed by atoms with van der Waals surface area (Å²) in [5.74, 6) is 0.102. The molecule has 3 heteroatoms. The van der Waals surface area contributed by atoms with Crippen LogP contribution in [0.15, 0.2) is 24.3 Å². The predicted octanol–water partition coefficient (Wildman–Crippen LogP) is 2.13. The Kier molecular flexibility index (Phi) is 3.45. The lowest BCUT2D eigenvalue weighted by Crippen LogP contribution is -1.81. The van der Waals surface area contributed by atoms with Gasteiger partial charge in [0.25, 0.3) is 0 Å². The van der Waals surface area contributed by atoms with Gasteiger partial charge in [0, 0.05) is 11.1 Å². The molecule has 0 bridgehead atoms. The van der Waals surface area contributed by atoms with Crippen LogP contribution in [-0.2, 0) is 0 Å². The SMILES string of the molecule is N#CCC=Cc1cc(C=O)ccc1O. The summed E-state index contributed by atoms with van der Waals surface area (Å²) < 4.78 is 0. The molecule has 0 heterocycles. The van der Waals surface area contributed by atoms with E-state index in [9.17, 15) is 9.90 Å². The van der Waals surface area contributed by atoms with Gasteiger partial charge in [-0.2, -0.15) is 5.26 Å². The molecule has 0 spiro atoms. The maximum atomic E-state index is 10.4. The highest BCUT2D eigenvalue weighted by molar-refractivity contribution is 5.77. The molecule has 1 rings (SSSR count). The first-order valence-corrected chi connectivity index (χ1v) is 4.09. The number of aldehydes is 1. The van der Waals surface area contributed by atoms with Crippen LogP contribution in [0.5, 0.6) is 5.75 Å². The standard InChI is InChI=1S/C11H9NO2/c12-6-2-1-3-10-7-9(8-13)4-5-11(10)14/h1,3-5,7-8,14H,2H2. The number of aromatic hydroxyl groups is 1. The molecule has 1 aromatic rings. The molecular formula is C11H9NO2. The van der Waals surface area contributed by atoms with E-state index in [0.717, 1.165) is 0 Å². The fourth-order valence-corrected chi connectivity index (χ4v) is 1.02. The minimum Gasteiger partial charge on any atom is -0.507 e. The van der Waals surface area contributed by atoms with Crippen molar-refractivity contribution in [1.29, 1.82) is 5.26 Å². The lowest BCUT2D eigenvalue weighted by molar-refractivity contribution is 0.112. The van der Waals surface area contributed by atoms with Crippen molar-refractivity contribution in [3.05, 3.63) is 35.4 Å². The van der Waals surface area contributed by atoms with E-state index in [1.807, 2.05) is 6.07 Å². The molecule has 1 aromatic carbocycles. The van der Waals surface area contributed by atoms with Crippen LogP contribution in [0.4, 0.5) is 0 Å². The zero-order valence-corrected chi connectivity index (χ0v) is 7.47. The van der Waals surface area contributed by atoms with Crippen molar-refractivity contribution >= 4 is 12.4 Å². The number of benzene rings is 1. The van der Waals surface area contributed by atoms with E-state index in [2.05, 4.69) is 0 Å². The van der Waals surface area contributed by atoms with E-state index in [-0.39, 0.29) is 12.2 Å². The molecule has 0 saturated heterocycles. The van der Waals surface area contributed by atoms with Crippen molar-refractivity contribution in [3.63, 3.8) is 0 Å².